The molecule has 0 amide bonds. The van der Waals surface area contributed by atoms with Crippen LogP contribution in [0.4, 0.5) is 0 Å². The predicted octanol–water partition coefficient (Wildman–Crippen LogP) is 3.65. The number of unbranched alkanes of at least 4 members (excludes halogenated alkanes) is 1. The highest BCUT2D eigenvalue weighted by atomic mass is 32.1. The molecule has 2 heterocycles. The highest BCUT2D eigenvalue weighted by molar-refractivity contribution is 7.71. The first-order chi connectivity index (χ1) is 10.3. The Balaban J connectivity index is 1.92. The first kappa shape index (κ1) is 13.8. The second-order valence-electron chi connectivity index (χ2n) is 4.89. The molecule has 1 aromatic carbocycles. The molecule has 6 heteroatoms. The number of aryl methyl sites for hydroxylation is 1. The van der Waals surface area contributed by atoms with Gasteiger partial charge in [0.05, 0.1) is 6.21 Å². The second kappa shape index (κ2) is 6.05. The first-order valence-electron chi connectivity index (χ1n) is 7.06. The average molecular weight is 299 g/mol. The third-order valence-electron chi connectivity index (χ3n) is 3.40. The van der Waals surface area contributed by atoms with Gasteiger partial charge in [0.2, 0.25) is 4.77 Å². The summed E-state index contributed by atoms with van der Waals surface area (Å²) in [7, 11) is 0. The Morgan fingerprint density at radius 3 is 3.10 bits per heavy atom. The monoisotopic (exact) mass is 299 g/mol. The number of rotatable bonds is 5. The summed E-state index contributed by atoms with van der Waals surface area (Å²) in [5, 5.41) is 12.7. The van der Waals surface area contributed by atoms with E-state index in [9.17, 15) is 0 Å². The zero-order valence-corrected chi connectivity index (χ0v) is 12.7. The SMILES string of the molecule is CCCCc1n[nH]c(=S)n1/N=C\c1c[nH]c2ccccc12. The van der Waals surface area contributed by atoms with Crippen LogP contribution in [-0.2, 0) is 6.42 Å². The molecule has 0 saturated carbocycles. The number of benzene rings is 1. The summed E-state index contributed by atoms with van der Waals surface area (Å²) >= 11 is 5.24. The van der Waals surface area contributed by atoms with E-state index in [0.29, 0.717) is 4.77 Å². The number of H-pyrrole nitrogens is 2. The van der Waals surface area contributed by atoms with E-state index in [4.69, 9.17) is 12.2 Å². The minimum absolute atomic E-state index is 0.525. The Labute approximate surface area is 127 Å². The van der Waals surface area contributed by atoms with Gasteiger partial charge in [-0.3, -0.25) is 5.10 Å². The van der Waals surface area contributed by atoms with Crippen molar-refractivity contribution in [1.29, 1.82) is 0 Å². The predicted molar refractivity (Wildman–Crippen MR) is 87.3 cm³/mol. The van der Waals surface area contributed by atoms with Gasteiger partial charge in [-0.15, -0.1) is 0 Å². The standard InChI is InChI=1S/C15H17N5S/c1-2-3-8-14-18-19-15(21)20(14)17-10-11-9-16-13-7-5-4-6-12(11)13/h4-7,9-10,16H,2-3,8H2,1H3,(H,19,21)/b17-10-. The van der Waals surface area contributed by atoms with Crippen molar-refractivity contribution in [2.24, 2.45) is 5.10 Å². The van der Waals surface area contributed by atoms with Gasteiger partial charge in [-0.05, 0) is 24.7 Å². The molecule has 2 aromatic heterocycles. The molecule has 0 bridgehead atoms. The molecule has 21 heavy (non-hydrogen) atoms. The quantitative estimate of drug-likeness (QED) is 0.558. The van der Waals surface area contributed by atoms with Crippen molar-refractivity contribution >= 4 is 29.3 Å². The lowest BCUT2D eigenvalue weighted by Gasteiger charge is -1.99. The van der Waals surface area contributed by atoms with E-state index in [1.807, 2.05) is 30.6 Å². The number of nitrogens with one attached hydrogen (secondary N) is 2. The number of aromatic amines is 2. The van der Waals surface area contributed by atoms with Crippen LogP contribution in [0.5, 0.6) is 0 Å². The molecule has 0 atom stereocenters. The second-order valence-corrected chi connectivity index (χ2v) is 5.28. The van der Waals surface area contributed by atoms with Gasteiger partial charge >= 0.3 is 0 Å². The summed E-state index contributed by atoms with van der Waals surface area (Å²) in [6.07, 6.45) is 6.83. The number of aromatic nitrogens is 4. The molecule has 5 nitrogen and oxygen atoms in total. The summed E-state index contributed by atoms with van der Waals surface area (Å²) in [5.74, 6) is 0.873. The van der Waals surface area contributed by atoms with Crippen molar-refractivity contribution in [3.8, 4) is 0 Å². The lowest BCUT2D eigenvalue weighted by molar-refractivity contribution is 0.700. The van der Waals surface area contributed by atoms with Crippen LogP contribution in [-0.4, -0.2) is 26.1 Å². The molecule has 2 N–H and O–H groups in total. The molecule has 0 spiro atoms. The van der Waals surface area contributed by atoms with Crippen molar-refractivity contribution in [2.75, 3.05) is 0 Å². The zero-order valence-electron chi connectivity index (χ0n) is 11.8. The summed E-state index contributed by atoms with van der Waals surface area (Å²) in [6.45, 7) is 2.15. The van der Waals surface area contributed by atoms with Crippen LogP contribution >= 0.6 is 12.2 Å². The van der Waals surface area contributed by atoms with Gasteiger partial charge in [-0.2, -0.15) is 14.9 Å². The fourth-order valence-electron chi connectivity index (χ4n) is 2.26. The van der Waals surface area contributed by atoms with Gasteiger partial charge < -0.3 is 4.98 Å². The maximum absolute atomic E-state index is 5.24. The highest BCUT2D eigenvalue weighted by Gasteiger charge is 2.05. The topological polar surface area (TPSA) is 61.8 Å². The van der Waals surface area contributed by atoms with Gasteiger partial charge in [-0.1, -0.05) is 31.5 Å². The number of hydrogen-bond acceptors (Lipinski definition) is 3. The van der Waals surface area contributed by atoms with Crippen molar-refractivity contribution in [1.82, 2.24) is 19.9 Å². The fourth-order valence-corrected chi connectivity index (χ4v) is 2.46. The minimum Gasteiger partial charge on any atom is -0.361 e. The normalized spacial score (nSPS) is 11.7. The van der Waals surface area contributed by atoms with E-state index in [-0.39, 0.29) is 0 Å². The largest absolute Gasteiger partial charge is 0.361 e. The number of para-hydroxylation sites is 1. The highest BCUT2D eigenvalue weighted by Crippen LogP contribution is 2.16. The molecular weight excluding hydrogens is 282 g/mol. The van der Waals surface area contributed by atoms with Crippen LogP contribution in [0.3, 0.4) is 0 Å². The van der Waals surface area contributed by atoms with Gasteiger partial charge in [0.25, 0.3) is 0 Å². The van der Waals surface area contributed by atoms with Crippen LogP contribution in [0, 0.1) is 4.77 Å². The molecule has 0 saturated heterocycles. The third-order valence-corrected chi connectivity index (χ3v) is 3.67. The Bertz CT molecular complexity index is 824. The molecule has 0 radical (unpaired) electrons. The van der Waals surface area contributed by atoms with E-state index in [2.05, 4.69) is 33.3 Å². The summed E-state index contributed by atoms with van der Waals surface area (Å²) < 4.78 is 2.23. The minimum atomic E-state index is 0.525. The first-order valence-corrected chi connectivity index (χ1v) is 7.47. The van der Waals surface area contributed by atoms with E-state index < -0.39 is 0 Å². The molecular formula is C15H17N5S. The summed E-state index contributed by atoms with van der Waals surface area (Å²) in [5.41, 5.74) is 2.14. The average Bonchev–Trinajstić information content (AvgIpc) is 3.07. The summed E-state index contributed by atoms with van der Waals surface area (Å²) in [6, 6.07) is 8.14. The van der Waals surface area contributed by atoms with E-state index in [1.54, 1.807) is 4.68 Å². The lowest BCUT2D eigenvalue weighted by Crippen LogP contribution is -1.99. The van der Waals surface area contributed by atoms with E-state index >= 15 is 0 Å². The number of fused-ring (bicyclic) bond motifs is 1. The number of hydrogen-bond donors (Lipinski definition) is 2. The van der Waals surface area contributed by atoms with Crippen molar-refractivity contribution < 1.29 is 0 Å². The van der Waals surface area contributed by atoms with Crippen LogP contribution < -0.4 is 0 Å². The van der Waals surface area contributed by atoms with Crippen molar-refractivity contribution in [3.05, 3.63) is 46.6 Å². The molecule has 3 aromatic rings. The maximum atomic E-state index is 5.24. The van der Waals surface area contributed by atoms with E-state index in [0.717, 1.165) is 41.6 Å². The Morgan fingerprint density at radius 2 is 2.24 bits per heavy atom. The van der Waals surface area contributed by atoms with Gasteiger partial charge in [0.1, 0.15) is 0 Å². The van der Waals surface area contributed by atoms with Gasteiger partial charge in [-0.25, -0.2) is 0 Å². The van der Waals surface area contributed by atoms with Gasteiger partial charge in [0, 0.05) is 29.1 Å². The van der Waals surface area contributed by atoms with Crippen molar-refractivity contribution in [3.63, 3.8) is 0 Å². The molecule has 0 fully saturated rings. The van der Waals surface area contributed by atoms with Crippen LogP contribution in [0.25, 0.3) is 10.9 Å². The van der Waals surface area contributed by atoms with E-state index in [1.165, 1.54) is 0 Å². The molecule has 0 aliphatic carbocycles. The lowest BCUT2D eigenvalue weighted by atomic mass is 10.2. The fraction of sp³-hybridized carbons (Fsp3) is 0.267. The van der Waals surface area contributed by atoms with Crippen LogP contribution in [0.1, 0.15) is 31.2 Å². The van der Waals surface area contributed by atoms with Gasteiger partial charge in [0.15, 0.2) is 5.82 Å². The molecule has 0 aliphatic heterocycles. The molecule has 0 aliphatic rings. The maximum Gasteiger partial charge on any atom is 0.216 e. The third kappa shape index (κ3) is 2.80. The molecule has 0 unspecified atom stereocenters. The Morgan fingerprint density at radius 1 is 1.38 bits per heavy atom. The zero-order chi connectivity index (χ0) is 14.7. The molecule has 108 valence electrons. The Hall–Kier alpha value is -2.21. The smallest absolute Gasteiger partial charge is 0.216 e. The van der Waals surface area contributed by atoms with Crippen LogP contribution in [0.2, 0.25) is 0 Å². The molecule has 3 rings (SSSR count). The Kier molecular flexibility index (Phi) is 3.96. The van der Waals surface area contributed by atoms with Crippen LogP contribution in [0.15, 0.2) is 35.6 Å². The summed E-state index contributed by atoms with van der Waals surface area (Å²) in [4.78, 5) is 3.23. The van der Waals surface area contributed by atoms with Crippen molar-refractivity contribution in [2.45, 2.75) is 26.2 Å². The number of nitrogens with zero attached hydrogens (tertiary/aromatic N) is 3.